The first-order chi connectivity index (χ1) is 12.1. The van der Waals surface area contributed by atoms with Crippen molar-refractivity contribution in [2.75, 3.05) is 45.9 Å². The van der Waals surface area contributed by atoms with E-state index < -0.39 is 0 Å². The highest BCUT2D eigenvalue weighted by molar-refractivity contribution is 5.85. The van der Waals surface area contributed by atoms with Gasteiger partial charge in [-0.05, 0) is 31.5 Å². The largest absolute Gasteiger partial charge is 0.379 e. The third-order valence-corrected chi connectivity index (χ3v) is 5.55. The molecule has 0 radical (unpaired) electrons. The molecule has 2 fully saturated rings. The Bertz CT molecular complexity index is 551. The number of carbonyl (C=O) groups excluding carboxylic acids is 1. The van der Waals surface area contributed by atoms with E-state index in [1.54, 1.807) is 0 Å². The maximum Gasteiger partial charge on any atom is 0.226 e. The molecule has 2 unspecified atom stereocenters. The maximum atomic E-state index is 13.2. The molecular formula is C20H33Cl2N3O2. The van der Waals surface area contributed by atoms with E-state index in [1.165, 1.54) is 5.56 Å². The van der Waals surface area contributed by atoms with Gasteiger partial charge in [0.2, 0.25) is 5.91 Å². The van der Waals surface area contributed by atoms with Gasteiger partial charge in [0, 0.05) is 38.1 Å². The average molecular weight is 418 g/mol. The van der Waals surface area contributed by atoms with Crippen molar-refractivity contribution >= 4 is 30.7 Å². The average Bonchev–Trinajstić information content (AvgIpc) is 2.59. The fourth-order valence-electron chi connectivity index (χ4n) is 3.61. The fraction of sp³-hybridized carbons (Fsp3) is 0.650. The standard InChI is InChI=1S/C20H31N3O2.2ClH/c1-16(14-22-8-10-25-11-9-22)23(15-18-6-4-3-5-7-18)20(24)17(2)19-12-21-13-19;;/h3-7,16-17,19,21H,8-15H2,1-2H3;2*1H. The van der Waals surface area contributed by atoms with Crippen molar-refractivity contribution in [1.29, 1.82) is 0 Å². The number of carbonyl (C=O) groups is 1. The molecule has 2 saturated heterocycles. The number of nitrogens with zero attached hydrogens (tertiary/aromatic N) is 2. The van der Waals surface area contributed by atoms with Gasteiger partial charge in [0.05, 0.1) is 13.2 Å². The summed E-state index contributed by atoms with van der Waals surface area (Å²) in [5.74, 6) is 0.842. The van der Waals surface area contributed by atoms with Gasteiger partial charge in [-0.2, -0.15) is 0 Å². The van der Waals surface area contributed by atoms with Crippen molar-refractivity contribution in [2.24, 2.45) is 11.8 Å². The van der Waals surface area contributed by atoms with Crippen LogP contribution in [0, 0.1) is 11.8 Å². The number of amides is 1. The number of hydrogen-bond acceptors (Lipinski definition) is 4. The van der Waals surface area contributed by atoms with Crippen LogP contribution < -0.4 is 5.32 Å². The molecule has 27 heavy (non-hydrogen) atoms. The maximum absolute atomic E-state index is 13.2. The molecule has 0 aromatic heterocycles. The summed E-state index contributed by atoms with van der Waals surface area (Å²) in [6.45, 7) is 11.3. The van der Waals surface area contributed by atoms with Crippen LogP contribution in [-0.2, 0) is 16.1 Å². The lowest BCUT2D eigenvalue weighted by atomic mass is 9.87. The zero-order valence-electron chi connectivity index (χ0n) is 16.3. The van der Waals surface area contributed by atoms with Crippen LogP contribution in [0.3, 0.4) is 0 Å². The van der Waals surface area contributed by atoms with Crippen LogP contribution in [0.4, 0.5) is 0 Å². The molecule has 1 aromatic carbocycles. The van der Waals surface area contributed by atoms with Gasteiger partial charge in [-0.15, -0.1) is 24.8 Å². The zero-order chi connectivity index (χ0) is 17.6. The van der Waals surface area contributed by atoms with Crippen LogP contribution in [0.5, 0.6) is 0 Å². The molecule has 2 atom stereocenters. The Morgan fingerprint density at radius 3 is 2.37 bits per heavy atom. The Morgan fingerprint density at radius 2 is 1.81 bits per heavy atom. The third-order valence-electron chi connectivity index (χ3n) is 5.55. The summed E-state index contributed by atoms with van der Waals surface area (Å²) < 4.78 is 5.45. The second kappa shape index (κ2) is 11.9. The normalized spacial score (nSPS) is 19.8. The van der Waals surface area contributed by atoms with E-state index in [0.717, 1.165) is 45.9 Å². The Labute approximate surface area is 175 Å². The number of ether oxygens (including phenoxy) is 1. The fourth-order valence-corrected chi connectivity index (χ4v) is 3.61. The molecule has 2 aliphatic heterocycles. The summed E-state index contributed by atoms with van der Waals surface area (Å²) in [6, 6.07) is 10.5. The van der Waals surface area contributed by atoms with Gasteiger partial charge in [-0.25, -0.2) is 0 Å². The molecule has 154 valence electrons. The Kier molecular flexibility index (Phi) is 10.6. The number of hydrogen-bond donors (Lipinski definition) is 1. The molecule has 1 N–H and O–H groups in total. The van der Waals surface area contributed by atoms with Gasteiger partial charge in [0.1, 0.15) is 0 Å². The smallest absolute Gasteiger partial charge is 0.226 e. The van der Waals surface area contributed by atoms with Crippen LogP contribution in [0.25, 0.3) is 0 Å². The summed E-state index contributed by atoms with van der Waals surface area (Å²) in [5.41, 5.74) is 1.20. The molecule has 5 nitrogen and oxygen atoms in total. The number of morpholine rings is 1. The highest BCUT2D eigenvalue weighted by Crippen LogP contribution is 2.22. The summed E-state index contributed by atoms with van der Waals surface area (Å²) in [7, 11) is 0. The molecule has 3 rings (SSSR count). The Morgan fingerprint density at radius 1 is 1.19 bits per heavy atom. The molecule has 0 spiro atoms. The first kappa shape index (κ1) is 24.2. The van der Waals surface area contributed by atoms with Crippen LogP contribution in [0.2, 0.25) is 0 Å². The highest BCUT2D eigenvalue weighted by Gasteiger charge is 2.33. The van der Waals surface area contributed by atoms with Crippen molar-refractivity contribution in [3.05, 3.63) is 35.9 Å². The molecule has 2 heterocycles. The molecular weight excluding hydrogens is 385 g/mol. The van der Waals surface area contributed by atoms with Gasteiger partial charge in [-0.3, -0.25) is 9.69 Å². The molecule has 7 heteroatoms. The van der Waals surface area contributed by atoms with E-state index >= 15 is 0 Å². The van der Waals surface area contributed by atoms with Gasteiger partial charge >= 0.3 is 0 Å². The molecule has 1 aromatic rings. The minimum Gasteiger partial charge on any atom is -0.379 e. The molecule has 0 bridgehead atoms. The summed E-state index contributed by atoms with van der Waals surface area (Å²) in [6.07, 6.45) is 0. The summed E-state index contributed by atoms with van der Waals surface area (Å²) >= 11 is 0. The van der Waals surface area contributed by atoms with E-state index in [1.807, 2.05) is 18.2 Å². The zero-order valence-corrected chi connectivity index (χ0v) is 17.9. The van der Waals surface area contributed by atoms with Crippen molar-refractivity contribution in [3.63, 3.8) is 0 Å². The second-order valence-corrected chi connectivity index (χ2v) is 7.42. The first-order valence-electron chi connectivity index (χ1n) is 9.50. The van der Waals surface area contributed by atoms with E-state index in [4.69, 9.17) is 4.74 Å². The lowest BCUT2D eigenvalue weighted by Gasteiger charge is -2.39. The molecule has 2 aliphatic rings. The second-order valence-electron chi connectivity index (χ2n) is 7.42. The summed E-state index contributed by atoms with van der Waals surface area (Å²) in [5, 5.41) is 3.29. The molecule has 0 aliphatic carbocycles. The predicted octanol–water partition coefficient (Wildman–Crippen LogP) is 2.44. The molecule has 0 saturated carbocycles. The molecule has 1 amide bonds. The third kappa shape index (κ3) is 6.61. The van der Waals surface area contributed by atoms with E-state index in [9.17, 15) is 4.79 Å². The van der Waals surface area contributed by atoms with Gasteiger partial charge < -0.3 is 15.0 Å². The van der Waals surface area contributed by atoms with Crippen LogP contribution in [-0.4, -0.2) is 67.7 Å². The van der Waals surface area contributed by atoms with E-state index in [0.29, 0.717) is 12.5 Å². The highest BCUT2D eigenvalue weighted by atomic mass is 35.5. The van der Waals surface area contributed by atoms with Gasteiger partial charge in [0.25, 0.3) is 0 Å². The van der Waals surface area contributed by atoms with Crippen LogP contribution >= 0.6 is 24.8 Å². The van der Waals surface area contributed by atoms with Crippen molar-refractivity contribution < 1.29 is 9.53 Å². The summed E-state index contributed by atoms with van der Waals surface area (Å²) in [4.78, 5) is 17.7. The van der Waals surface area contributed by atoms with Gasteiger partial charge in [0.15, 0.2) is 0 Å². The van der Waals surface area contributed by atoms with Crippen molar-refractivity contribution in [1.82, 2.24) is 15.1 Å². The SMILES string of the molecule is CC(C(=O)N(Cc1ccccc1)C(C)CN1CCOCC1)C1CNC1.Cl.Cl. The number of nitrogens with one attached hydrogen (secondary N) is 1. The Hall–Kier alpha value is -0.850. The van der Waals surface area contributed by atoms with Crippen LogP contribution in [0.1, 0.15) is 19.4 Å². The first-order valence-corrected chi connectivity index (χ1v) is 9.50. The van der Waals surface area contributed by atoms with E-state index in [-0.39, 0.29) is 42.7 Å². The number of benzene rings is 1. The van der Waals surface area contributed by atoms with Crippen molar-refractivity contribution in [3.8, 4) is 0 Å². The number of rotatable bonds is 7. The lowest BCUT2D eigenvalue weighted by molar-refractivity contribution is -0.140. The minimum atomic E-state index is 0. The van der Waals surface area contributed by atoms with Crippen LogP contribution in [0.15, 0.2) is 30.3 Å². The quantitative estimate of drug-likeness (QED) is 0.739. The minimum absolute atomic E-state index is 0. The van der Waals surface area contributed by atoms with Crippen molar-refractivity contribution in [2.45, 2.75) is 26.4 Å². The predicted molar refractivity (Wildman–Crippen MR) is 114 cm³/mol. The topological polar surface area (TPSA) is 44.8 Å². The number of halogens is 2. The van der Waals surface area contributed by atoms with Gasteiger partial charge in [-0.1, -0.05) is 37.3 Å². The Balaban J connectivity index is 0.00000182. The van der Waals surface area contributed by atoms with E-state index in [2.05, 4.69) is 41.1 Å². The monoisotopic (exact) mass is 417 g/mol. The lowest BCUT2D eigenvalue weighted by Crippen LogP contribution is -2.53.